The number of nitrogens with two attached hydrogens (primary N) is 1. The number of imidazole rings is 1. The Morgan fingerprint density at radius 1 is 1.26 bits per heavy atom. The van der Waals surface area contributed by atoms with E-state index in [0.29, 0.717) is 17.0 Å². The summed E-state index contributed by atoms with van der Waals surface area (Å²) in [6.45, 7) is 0.0838. The summed E-state index contributed by atoms with van der Waals surface area (Å²) in [6, 6.07) is 9.41. The maximum absolute atomic E-state index is 11.6. The summed E-state index contributed by atoms with van der Waals surface area (Å²) in [5.74, 6) is 0.750. The van der Waals surface area contributed by atoms with E-state index >= 15 is 0 Å². The number of ether oxygens (including phenoxy) is 1. The van der Waals surface area contributed by atoms with Crippen LogP contribution in [0.3, 0.4) is 0 Å². The van der Waals surface area contributed by atoms with Crippen LogP contribution in [0.25, 0.3) is 22.6 Å². The Kier molecular flexibility index (Phi) is 3.96. The molecular weight excluding hydrogens is 373 g/mol. The molecule has 5 unspecified atom stereocenters. The van der Waals surface area contributed by atoms with Crippen molar-refractivity contribution in [3.05, 3.63) is 36.7 Å². The Morgan fingerprint density at radius 2 is 2.07 bits per heavy atom. The van der Waals surface area contributed by atoms with Crippen LogP contribution in [-0.4, -0.2) is 49.5 Å². The Morgan fingerprint density at radius 3 is 2.89 bits per heavy atom. The second-order valence-electron chi connectivity index (χ2n) is 6.30. The maximum Gasteiger partial charge on any atom is 0.319 e. The number of anilines is 1. The van der Waals surface area contributed by atoms with E-state index in [4.69, 9.17) is 19.5 Å². The Bertz CT molecular complexity index is 1030. The van der Waals surface area contributed by atoms with Gasteiger partial charge in [-0.3, -0.25) is 9.13 Å². The summed E-state index contributed by atoms with van der Waals surface area (Å²) in [6.07, 6.45) is -1.91. The first-order valence-electron chi connectivity index (χ1n) is 8.34. The highest BCUT2D eigenvalue weighted by Gasteiger charge is 2.50. The minimum absolute atomic E-state index is 0.0838. The van der Waals surface area contributed by atoms with E-state index in [1.54, 1.807) is 4.57 Å². The number of aliphatic hydroxyl groups excluding tert-OH is 1. The smallest absolute Gasteiger partial charge is 0.319 e. The maximum atomic E-state index is 11.6. The number of benzene rings is 1. The fourth-order valence-corrected chi connectivity index (χ4v) is 4.35. The molecule has 3 aromatic rings. The van der Waals surface area contributed by atoms with Gasteiger partial charge in [-0.05, 0) is 0 Å². The van der Waals surface area contributed by atoms with Crippen molar-refractivity contribution in [2.45, 2.75) is 24.5 Å². The van der Waals surface area contributed by atoms with E-state index in [9.17, 15) is 9.67 Å². The van der Waals surface area contributed by atoms with Gasteiger partial charge in [-0.25, -0.2) is 15.0 Å². The van der Waals surface area contributed by atoms with Crippen molar-refractivity contribution in [2.24, 2.45) is 0 Å². The molecule has 11 heteroatoms. The number of nitrogen functional groups attached to an aromatic ring is 1. The molecule has 0 radical (unpaired) electrons. The number of fused-ring (bicyclic) bond motifs is 2. The van der Waals surface area contributed by atoms with Crippen molar-refractivity contribution in [2.75, 3.05) is 12.3 Å². The zero-order valence-corrected chi connectivity index (χ0v) is 14.9. The number of rotatable bonds is 2. The quantitative estimate of drug-likeness (QED) is 0.619. The first-order chi connectivity index (χ1) is 13.1. The van der Waals surface area contributed by atoms with Crippen LogP contribution in [-0.2, 0) is 18.3 Å². The Labute approximate surface area is 153 Å². The van der Waals surface area contributed by atoms with Crippen molar-refractivity contribution in [3.63, 3.8) is 0 Å². The van der Waals surface area contributed by atoms with Crippen LogP contribution < -0.4 is 5.73 Å². The predicted octanol–water partition coefficient (Wildman–Crippen LogP) is 1.14. The van der Waals surface area contributed by atoms with Gasteiger partial charge in [0, 0.05) is 5.56 Å². The van der Waals surface area contributed by atoms with E-state index < -0.39 is 32.8 Å². The average molecular weight is 389 g/mol. The van der Waals surface area contributed by atoms with E-state index in [-0.39, 0.29) is 12.4 Å². The van der Waals surface area contributed by atoms with Crippen LogP contribution in [0.1, 0.15) is 6.23 Å². The molecular formula is C16H16N5O5P. The molecule has 10 nitrogen and oxygen atoms in total. The van der Waals surface area contributed by atoms with Crippen LogP contribution in [0.2, 0.25) is 0 Å². The van der Waals surface area contributed by atoms with Gasteiger partial charge in [0.2, 0.25) is 0 Å². The molecule has 0 spiro atoms. The van der Waals surface area contributed by atoms with Gasteiger partial charge in [0.1, 0.15) is 30.5 Å². The molecule has 140 valence electrons. The Hall–Kier alpha value is -2.36. The van der Waals surface area contributed by atoms with E-state index in [1.165, 1.54) is 6.33 Å². The highest BCUT2D eigenvalue weighted by molar-refractivity contribution is 7.33. The summed E-state index contributed by atoms with van der Waals surface area (Å²) in [5, 5.41) is 10.8. The van der Waals surface area contributed by atoms with Gasteiger partial charge < -0.3 is 24.6 Å². The lowest BCUT2D eigenvalue weighted by molar-refractivity contribution is -0.0546. The SMILES string of the molecule is Nc1ncnc2c1nc(-c1ccccc1)n2C1OC2CO[PH](=O)OC2C1O. The molecule has 5 atom stereocenters. The minimum atomic E-state index is -2.64. The molecule has 2 aliphatic rings. The second kappa shape index (κ2) is 6.36. The monoisotopic (exact) mass is 389 g/mol. The van der Waals surface area contributed by atoms with Gasteiger partial charge >= 0.3 is 8.25 Å². The Balaban J connectivity index is 1.68. The lowest BCUT2D eigenvalue weighted by Gasteiger charge is -2.24. The van der Waals surface area contributed by atoms with E-state index in [2.05, 4.69) is 15.0 Å². The van der Waals surface area contributed by atoms with Crippen LogP contribution in [0, 0.1) is 0 Å². The third-order valence-electron chi connectivity index (χ3n) is 4.70. The molecule has 2 saturated heterocycles. The van der Waals surface area contributed by atoms with Gasteiger partial charge in [0.25, 0.3) is 0 Å². The summed E-state index contributed by atoms with van der Waals surface area (Å²) in [7, 11) is -2.64. The van der Waals surface area contributed by atoms with Crippen LogP contribution in [0.15, 0.2) is 36.7 Å². The lowest BCUT2D eigenvalue weighted by atomic mass is 10.1. The zero-order valence-electron chi connectivity index (χ0n) is 13.9. The van der Waals surface area contributed by atoms with Gasteiger partial charge in [-0.1, -0.05) is 30.3 Å². The van der Waals surface area contributed by atoms with Crippen molar-refractivity contribution < 1.29 is 23.5 Å². The zero-order chi connectivity index (χ0) is 18.5. The first-order valence-corrected chi connectivity index (χ1v) is 9.56. The van der Waals surface area contributed by atoms with Gasteiger partial charge in [0.05, 0.1) is 6.61 Å². The standard InChI is InChI=1S/C16H16N5O5P/c17-13-10-15(19-7-18-13)21(14(20-10)8-4-2-1-3-5-8)16-11(22)12-9(25-16)6-24-27(23)26-12/h1-5,7,9,11-12,16,22,27H,6H2,(H2,17,18,19). The summed E-state index contributed by atoms with van der Waals surface area (Å²) >= 11 is 0. The highest BCUT2D eigenvalue weighted by Crippen LogP contribution is 2.44. The second-order valence-corrected chi connectivity index (χ2v) is 7.33. The summed E-state index contributed by atoms with van der Waals surface area (Å²) in [4.78, 5) is 12.9. The van der Waals surface area contributed by atoms with Gasteiger partial charge in [-0.15, -0.1) is 0 Å². The normalized spacial score (nSPS) is 30.5. The summed E-state index contributed by atoms with van der Waals surface area (Å²) in [5.41, 5.74) is 7.61. The van der Waals surface area contributed by atoms with Crippen LogP contribution in [0.5, 0.6) is 0 Å². The number of nitrogens with zero attached hydrogens (tertiary/aromatic N) is 4. The lowest BCUT2D eigenvalue weighted by Crippen LogP contribution is -2.37. The van der Waals surface area contributed by atoms with Gasteiger partial charge in [-0.2, -0.15) is 0 Å². The van der Waals surface area contributed by atoms with Crippen LogP contribution in [0.4, 0.5) is 5.82 Å². The number of hydrogen-bond donors (Lipinski definition) is 2. The molecule has 0 aliphatic carbocycles. The highest BCUT2D eigenvalue weighted by atomic mass is 31.1. The molecule has 0 saturated carbocycles. The van der Waals surface area contributed by atoms with Crippen molar-refractivity contribution >= 4 is 25.2 Å². The molecule has 5 rings (SSSR count). The van der Waals surface area contributed by atoms with Crippen LogP contribution >= 0.6 is 8.25 Å². The van der Waals surface area contributed by atoms with Gasteiger partial charge in [0.15, 0.2) is 23.2 Å². The number of hydrogen-bond acceptors (Lipinski definition) is 9. The van der Waals surface area contributed by atoms with E-state index in [1.807, 2.05) is 30.3 Å². The predicted molar refractivity (Wildman–Crippen MR) is 94.9 cm³/mol. The minimum Gasteiger partial charge on any atom is -0.386 e. The van der Waals surface area contributed by atoms with E-state index in [0.717, 1.165) is 5.56 Å². The third-order valence-corrected chi connectivity index (χ3v) is 5.57. The molecule has 4 heterocycles. The topological polar surface area (TPSA) is 135 Å². The van der Waals surface area contributed by atoms with Crippen molar-refractivity contribution in [3.8, 4) is 11.4 Å². The molecule has 0 bridgehead atoms. The third kappa shape index (κ3) is 2.65. The molecule has 2 aliphatic heterocycles. The van der Waals surface area contributed by atoms with Crippen molar-refractivity contribution in [1.82, 2.24) is 19.5 Å². The molecule has 0 amide bonds. The molecule has 3 N–H and O–H groups in total. The fraction of sp³-hybridized carbons (Fsp3) is 0.312. The molecule has 1 aromatic carbocycles. The molecule has 27 heavy (non-hydrogen) atoms. The number of aromatic nitrogens is 4. The molecule has 2 aromatic heterocycles. The number of aliphatic hydroxyl groups is 1. The van der Waals surface area contributed by atoms with Crippen molar-refractivity contribution in [1.29, 1.82) is 0 Å². The molecule has 2 fully saturated rings. The average Bonchev–Trinajstić information content (AvgIpc) is 3.22. The summed E-state index contributed by atoms with van der Waals surface area (Å²) < 4.78 is 29.6. The fourth-order valence-electron chi connectivity index (χ4n) is 3.47. The largest absolute Gasteiger partial charge is 0.386 e. The first kappa shape index (κ1) is 16.8.